The minimum Gasteiger partial charge on any atom is -0.380 e. The van der Waals surface area contributed by atoms with Crippen molar-refractivity contribution in [2.24, 2.45) is 15.3 Å². The summed E-state index contributed by atoms with van der Waals surface area (Å²) in [6, 6.07) is 0. The molecule has 0 fully saturated rings. The summed E-state index contributed by atoms with van der Waals surface area (Å²) in [4.78, 5) is 130. The van der Waals surface area contributed by atoms with Crippen LogP contribution < -0.4 is 16.0 Å². The minimum absolute atomic E-state index is 0.0306. The normalized spacial score (nSPS) is 10.5. The van der Waals surface area contributed by atoms with Crippen LogP contribution in [0.15, 0.2) is 15.3 Å². The molecule has 0 aromatic rings. The molecule has 0 aliphatic heterocycles. The number of amides is 9. The highest BCUT2D eigenvalue weighted by Crippen LogP contribution is 2.01. The van der Waals surface area contributed by atoms with Gasteiger partial charge in [0.1, 0.15) is 0 Å². The molecule has 0 spiro atoms. The van der Waals surface area contributed by atoms with E-state index in [9.17, 15) is 43.2 Å². The molecule has 0 radical (unpaired) electrons. The van der Waals surface area contributed by atoms with E-state index in [1.165, 1.54) is 71.7 Å². The number of rotatable bonds is 48. The zero-order valence-corrected chi connectivity index (χ0v) is 46.5. The Kier molecular flexibility index (Phi) is 42.7. The molecule has 0 aromatic heterocycles. The lowest BCUT2D eigenvalue weighted by Crippen LogP contribution is -2.44. The fourth-order valence-corrected chi connectivity index (χ4v) is 6.13. The third-order valence-electron chi connectivity index (χ3n) is 10.8. The van der Waals surface area contributed by atoms with Gasteiger partial charge in [-0.1, -0.05) is 15.3 Å². The molecule has 0 rings (SSSR count). The van der Waals surface area contributed by atoms with Crippen molar-refractivity contribution in [3.63, 3.8) is 0 Å². The Labute approximate surface area is 459 Å². The predicted octanol–water partition coefficient (Wildman–Crippen LogP) is -2.41. The van der Waals surface area contributed by atoms with Crippen molar-refractivity contribution in [1.82, 2.24) is 50.2 Å². The first kappa shape index (κ1) is 71.9. The molecule has 0 bridgehead atoms. The first-order valence-electron chi connectivity index (χ1n) is 25.3. The van der Waals surface area contributed by atoms with E-state index in [1.807, 2.05) is 4.90 Å². The zero-order chi connectivity index (χ0) is 59.1. The third kappa shape index (κ3) is 39.8. The van der Waals surface area contributed by atoms with Gasteiger partial charge < -0.3 is 73.8 Å². The van der Waals surface area contributed by atoms with Crippen molar-refractivity contribution in [2.45, 2.75) is 19.3 Å². The van der Waals surface area contributed by atoms with E-state index in [0.717, 1.165) is 0 Å². The topological polar surface area (TPSA) is 414 Å². The summed E-state index contributed by atoms with van der Waals surface area (Å²) in [7, 11) is 8.71. The van der Waals surface area contributed by atoms with E-state index in [1.54, 1.807) is 0 Å². The predicted molar refractivity (Wildman–Crippen MR) is 282 cm³/mol. The van der Waals surface area contributed by atoms with E-state index in [4.69, 9.17) is 45.0 Å². The van der Waals surface area contributed by atoms with Crippen molar-refractivity contribution in [3.05, 3.63) is 31.3 Å². The van der Waals surface area contributed by atoms with Gasteiger partial charge in [0, 0.05) is 116 Å². The number of hydrogen-bond acceptors (Lipinski definition) is 19. The molecule has 34 heteroatoms. The molecular weight excluding hydrogens is 1050 g/mol. The van der Waals surface area contributed by atoms with Gasteiger partial charge >= 0.3 is 0 Å². The Morgan fingerprint density at radius 3 is 0.835 bits per heavy atom. The average molecular weight is 1130 g/mol. The third-order valence-corrected chi connectivity index (χ3v) is 10.8. The van der Waals surface area contributed by atoms with Gasteiger partial charge in [-0.25, -0.2) is 0 Å². The van der Waals surface area contributed by atoms with Crippen LogP contribution in [0.3, 0.4) is 0 Å². The molecule has 0 aliphatic rings. The monoisotopic (exact) mass is 1130 g/mol. The molecule has 9 amide bonds. The van der Waals surface area contributed by atoms with E-state index in [-0.39, 0.29) is 195 Å². The Morgan fingerprint density at radius 1 is 0.342 bits per heavy atom. The van der Waals surface area contributed by atoms with Crippen molar-refractivity contribution in [1.29, 1.82) is 0 Å². The standard InChI is InChI=1S/C45H81N19O15/c1-58(31-37(65)49-10-22-77-25-13-52-55-46)43(71)34-61(4)40(68)7-19-74-28-16-64(17-29-75-20-8-41(69)62(5)35-44(72)59(2)32-38(66)50-11-23-78-26-14-53-56-47)18-30-76-21-9-42(70)63(6)36-45(73)60(3)33-39(67)51-12-24-79-27-15-54-57-48/h7-36H2,1-6H3,(H,49,65)(H,50,66)(H,51,67). The van der Waals surface area contributed by atoms with E-state index >= 15 is 0 Å². The molecule has 0 aromatic carbocycles. The molecule has 0 unspecified atom stereocenters. The second-order valence-corrected chi connectivity index (χ2v) is 17.2. The fourth-order valence-electron chi connectivity index (χ4n) is 6.13. The molecule has 0 saturated carbocycles. The van der Waals surface area contributed by atoms with Gasteiger partial charge in [-0.3, -0.25) is 48.1 Å². The lowest BCUT2D eigenvalue weighted by atomic mass is 10.3. The maximum absolute atomic E-state index is 12.8. The number of carbonyl (C=O) groups excluding carboxylic acids is 9. The van der Waals surface area contributed by atoms with Gasteiger partial charge in [0.25, 0.3) is 0 Å². The highest BCUT2D eigenvalue weighted by atomic mass is 16.5. The van der Waals surface area contributed by atoms with Crippen LogP contribution in [-0.4, -0.2) is 307 Å². The average Bonchev–Trinajstić information content (AvgIpc) is 3.41. The van der Waals surface area contributed by atoms with Crippen LogP contribution in [0.1, 0.15) is 19.3 Å². The summed E-state index contributed by atoms with van der Waals surface area (Å²) in [5.41, 5.74) is 24.8. The second kappa shape index (κ2) is 46.9. The second-order valence-electron chi connectivity index (χ2n) is 17.2. The molecule has 0 aliphatic carbocycles. The molecule has 0 heterocycles. The number of nitrogens with zero attached hydrogens (tertiary/aromatic N) is 16. The summed E-state index contributed by atoms with van der Waals surface area (Å²) >= 11 is 0. The Balaban J connectivity index is 5.07. The molecule has 0 atom stereocenters. The Bertz CT molecular complexity index is 1790. The lowest BCUT2D eigenvalue weighted by molar-refractivity contribution is -0.140. The van der Waals surface area contributed by atoms with Gasteiger partial charge in [0.2, 0.25) is 53.2 Å². The quantitative estimate of drug-likeness (QED) is 0.0247. The van der Waals surface area contributed by atoms with E-state index < -0.39 is 35.4 Å². The van der Waals surface area contributed by atoms with Gasteiger partial charge in [0.05, 0.1) is 138 Å². The SMILES string of the molecule is CN(CC(=O)NCCOCCN=[N+]=[N-])C(=O)CN(C)C(=O)CCOCCN(CCOCCC(=O)N(C)CC(=O)N(C)CC(=O)NCCOCCN=[N+]=[N-])CCOCCC(=O)N(C)CC(=O)N(C)CC(=O)NCCOCCN=[N+]=[N-]. The molecular formula is C45H81N19O15. The maximum atomic E-state index is 12.8. The number of carbonyl (C=O) groups is 9. The van der Waals surface area contributed by atoms with Crippen molar-refractivity contribution in [3.8, 4) is 0 Å². The van der Waals surface area contributed by atoms with Crippen molar-refractivity contribution < 1.29 is 71.6 Å². The van der Waals surface area contributed by atoms with Gasteiger partial charge in [-0.15, -0.1) is 0 Å². The number of hydrogen-bond donors (Lipinski definition) is 3. The molecule has 0 saturated heterocycles. The first-order chi connectivity index (χ1) is 37.9. The van der Waals surface area contributed by atoms with Crippen LogP contribution in [0.25, 0.3) is 31.3 Å². The van der Waals surface area contributed by atoms with Gasteiger partial charge in [0.15, 0.2) is 0 Å². The minimum atomic E-state index is -0.457. The molecule has 34 nitrogen and oxygen atoms in total. The van der Waals surface area contributed by atoms with E-state index in [0.29, 0.717) is 19.6 Å². The van der Waals surface area contributed by atoms with Crippen LogP contribution in [0, 0.1) is 0 Å². The highest BCUT2D eigenvalue weighted by molar-refractivity contribution is 5.90. The van der Waals surface area contributed by atoms with Gasteiger partial charge in [-0.2, -0.15) is 0 Å². The summed E-state index contributed by atoms with van der Waals surface area (Å²) in [5, 5.41) is 17.9. The molecule has 3 N–H and O–H groups in total. The molecule has 446 valence electrons. The first-order valence-corrected chi connectivity index (χ1v) is 25.3. The van der Waals surface area contributed by atoms with Crippen LogP contribution in [0.2, 0.25) is 0 Å². The number of ether oxygens (including phenoxy) is 6. The zero-order valence-electron chi connectivity index (χ0n) is 46.5. The van der Waals surface area contributed by atoms with Crippen molar-refractivity contribution in [2.75, 3.05) is 220 Å². The van der Waals surface area contributed by atoms with Crippen LogP contribution in [-0.2, 0) is 71.6 Å². The molecule has 79 heavy (non-hydrogen) atoms. The van der Waals surface area contributed by atoms with Crippen LogP contribution in [0.4, 0.5) is 0 Å². The number of azide groups is 3. The smallest absolute Gasteiger partial charge is 0.242 e. The number of likely N-dealkylation sites (N-methyl/N-ethyl adjacent to an activating group) is 6. The Hall–Kier alpha value is -7.12. The van der Waals surface area contributed by atoms with Crippen LogP contribution in [0.5, 0.6) is 0 Å². The highest BCUT2D eigenvalue weighted by Gasteiger charge is 2.21. The largest absolute Gasteiger partial charge is 0.380 e. The van der Waals surface area contributed by atoms with Crippen LogP contribution >= 0.6 is 0 Å². The summed E-state index contributed by atoms with van der Waals surface area (Å²) < 4.78 is 32.9. The number of nitrogens with one attached hydrogen (secondary N) is 3. The maximum Gasteiger partial charge on any atom is 0.242 e. The summed E-state index contributed by atoms with van der Waals surface area (Å²) in [5.74, 6) is -3.72. The van der Waals surface area contributed by atoms with Gasteiger partial charge in [-0.05, 0) is 16.6 Å². The fraction of sp³-hybridized carbons (Fsp3) is 0.800. The summed E-state index contributed by atoms with van der Waals surface area (Å²) in [6.07, 6.45) is -0.0917. The summed E-state index contributed by atoms with van der Waals surface area (Å²) in [6.45, 7) is 2.56. The van der Waals surface area contributed by atoms with Crippen molar-refractivity contribution >= 4 is 53.2 Å². The Morgan fingerprint density at radius 2 is 0.582 bits per heavy atom. The van der Waals surface area contributed by atoms with E-state index in [2.05, 4.69) is 46.0 Å². The lowest BCUT2D eigenvalue weighted by Gasteiger charge is -2.23.